The second-order valence-electron chi connectivity index (χ2n) is 5.80. The third-order valence-corrected chi connectivity index (χ3v) is 4.14. The van der Waals surface area contributed by atoms with Crippen molar-refractivity contribution < 1.29 is 9.53 Å². The highest BCUT2D eigenvalue weighted by atomic mass is 16.5. The maximum atomic E-state index is 12.2. The number of nitrogens with zero attached hydrogens (tertiary/aromatic N) is 1. The molecule has 1 aliphatic rings. The van der Waals surface area contributed by atoms with Gasteiger partial charge in [0.15, 0.2) is 0 Å². The number of rotatable bonds is 4. The van der Waals surface area contributed by atoms with E-state index in [4.69, 9.17) is 4.74 Å². The van der Waals surface area contributed by atoms with Gasteiger partial charge in [-0.25, -0.2) is 0 Å². The van der Waals surface area contributed by atoms with Gasteiger partial charge in [0.2, 0.25) is 5.91 Å². The summed E-state index contributed by atoms with van der Waals surface area (Å²) in [7, 11) is 0. The summed E-state index contributed by atoms with van der Waals surface area (Å²) in [5.41, 5.74) is 4.21. The van der Waals surface area contributed by atoms with E-state index in [1.165, 1.54) is 5.69 Å². The van der Waals surface area contributed by atoms with Crippen molar-refractivity contribution in [2.45, 2.75) is 13.3 Å². The summed E-state index contributed by atoms with van der Waals surface area (Å²) in [6.45, 7) is 5.40. The Balaban J connectivity index is 1.59. The number of carbonyl (C=O) groups is 1. The number of aryl methyl sites for hydroxylation is 1. The number of ether oxygens (including phenoxy) is 1. The van der Waals surface area contributed by atoms with Gasteiger partial charge in [0.05, 0.1) is 19.6 Å². The molecule has 23 heavy (non-hydrogen) atoms. The van der Waals surface area contributed by atoms with Crippen LogP contribution in [0.5, 0.6) is 0 Å². The van der Waals surface area contributed by atoms with Crippen LogP contribution in [0.15, 0.2) is 48.5 Å². The quantitative estimate of drug-likeness (QED) is 0.944. The summed E-state index contributed by atoms with van der Waals surface area (Å²) in [4.78, 5) is 14.5. The number of carbonyl (C=O) groups excluding carboxylic acids is 1. The van der Waals surface area contributed by atoms with E-state index in [2.05, 4.69) is 22.3 Å². The highest BCUT2D eigenvalue weighted by Gasteiger charge is 2.11. The van der Waals surface area contributed by atoms with Gasteiger partial charge in [-0.3, -0.25) is 4.79 Å². The van der Waals surface area contributed by atoms with Gasteiger partial charge >= 0.3 is 0 Å². The fraction of sp³-hybridized carbons (Fsp3) is 0.316. The Morgan fingerprint density at radius 1 is 1.09 bits per heavy atom. The predicted molar refractivity (Wildman–Crippen MR) is 93.0 cm³/mol. The normalized spacial score (nSPS) is 14.6. The molecule has 0 saturated carbocycles. The van der Waals surface area contributed by atoms with Gasteiger partial charge < -0.3 is 15.0 Å². The third kappa shape index (κ3) is 4.11. The number of amides is 1. The van der Waals surface area contributed by atoms with Crippen LogP contribution in [0.3, 0.4) is 0 Å². The molecule has 1 amide bonds. The zero-order chi connectivity index (χ0) is 16.1. The van der Waals surface area contributed by atoms with Crippen LogP contribution in [0.4, 0.5) is 11.4 Å². The Bertz CT molecular complexity index is 661. The van der Waals surface area contributed by atoms with Crippen molar-refractivity contribution >= 4 is 17.3 Å². The minimum absolute atomic E-state index is 0.0124. The number of anilines is 2. The fourth-order valence-corrected chi connectivity index (χ4v) is 2.76. The molecule has 1 fully saturated rings. The Hall–Kier alpha value is -2.33. The lowest BCUT2D eigenvalue weighted by molar-refractivity contribution is -0.115. The van der Waals surface area contributed by atoms with Crippen molar-refractivity contribution in [3.05, 3.63) is 59.7 Å². The molecule has 2 aromatic rings. The average Bonchev–Trinajstić information content (AvgIpc) is 2.58. The van der Waals surface area contributed by atoms with Gasteiger partial charge in [0.1, 0.15) is 0 Å². The van der Waals surface area contributed by atoms with Crippen LogP contribution in [-0.4, -0.2) is 32.2 Å². The number of benzene rings is 2. The van der Waals surface area contributed by atoms with Gasteiger partial charge in [-0.2, -0.15) is 0 Å². The van der Waals surface area contributed by atoms with Gasteiger partial charge in [-0.05, 0) is 42.3 Å². The van der Waals surface area contributed by atoms with E-state index >= 15 is 0 Å². The Morgan fingerprint density at radius 2 is 1.78 bits per heavy atom. The summed E-state index contributed by atoms with van der Waals surface area (Å²) in [6, 6.07) is 16.0. The molecule has 0 radical (unpaired) electrons. The van der Waals surface area contributed by atoms with Crippen LogP contribution in [0.1, 0.15) is 11.1 Å². The molecule has 1 N–H and O–H groups in total. The van der Waals surface area contributed by atoms with Crippen LogP contribution >= 0.6 is 0 Å². The van der Waals surface area contributed by atoms with Crippen molar-refractivity contribution in [3.8, 4) is 0 Å². The van der Waals surface area contributed by atoms with Crippen molar-refractivity contribution in [1.29, 1.82) is 0 Å². The molecule has 120 valence electrons. The van der Waals surface area contributed by atoms with E-state index in [-0.39, 0.29) is 5.91 Å². The molecule has 0 atom stereocenters. The van der Waals surface area contributed by atoms with Crippen molar-refractivity contribution in [2.24, 2.45) is 0 Å². The van der Waals surface area contributed by atoms with Crippen molar-refractivity contribution in [2.75, 3.05) is 36.5 Å². The molecule has 2 aromatic carbocycles. The van der Waals surface area contributed by atoms with Crippen LogP contribution in [0, 0.1) is 6.92 Å². The summed E-state index contributed by atoms with van der Waals surface area (Å²) < 4.78 is 5.37. The fourth-order valence-electron chi connectivity index (χ4n) is 2.76. The lowest BCUT2D eigenvalue weighted by Crippen LogP contribution is -2.36. The molecule has 0 spiro atoms. The third-order valence-electron chi connectivity index (χ3n) is 4.14. The number of hydrogen-bond donors (Lipinski definition) is 1. The van der Waals surface area contributed by atoms with E-state index in [0.29, 0.717) is 6.42 Å². The number of nitrogens with one attached hydrogen (secondary N) is 1. The first-order valence-electron chi connectivity index (χ1n) is 7.99. The first-order valence-corrected chi connectivity index (χ1v) is 7.99. The highest BCUT2D eigenvalue weighted by Crippen LogP contribution is 2.19. The van der Waals surface area contributed by atoms with E-state index in [9.17, 15) is 4.79 Å². The number of hydrogen-bond acceptors (Lipinski definition) is 3. The maximum Gasteiger partial charge on any atom is 0.228 e. The van der Waals surface area contributed by atoms with Gasteiger partial charge in [0, 0.05) is 24.5 Å². The van der Waals surface area contributed by atoms with Gasteiger partial charge in [-0.1, -0.05) is 24.3 Å². The Labute approximate surface area is 137 Å². The van der Waals surface area contributed by atoms with E-state index in [1.807, 2.05) is 43.3 Å². The molecule has 4 heteroatoms. The molecule has 0 unspecified atom stereocenters. The smallest absolute Gasteiger partial charge is 0.228 e. The lowest BCUT2D eigenvalue weighted by atomic mass is 10.1. The second kappa shape index (κ2) is 7.29. The van der Waals surface area contributed by atoms with Crippen LogP contribution in [-0.2, 0) is 16.0 Å². The minimum atomic E-state index is 0.0124. The summed E-state index contributed by atoms with van der Waals surface area (Å²) in [5, 5.41) is 2.97. The average molecular weight is 310 g/mol. The zero-order valence-corrected chi connectivity index (χ0v) is 13.4. The first kappa shape index (κ1) is 15.6. The van der Waals surface area contributed by atoms with Gasteiger partial charge in [0.25, 0.3) is 0 Å². The Morgan fingerprint density at radius 3 is 2.48 bits per heavy atom. The molecule has 0 bridgehead atoms. The Kier molecular flexibility index (Phi) is 4.93. The van der Waals surface area contributed by atoms with Crippen LogP contribution < -0.4 is 10.2 Å². The van der Waals surface area contributed by atoms with Crippen LogP contribution in [0.2, 0.25) is 0 Å². The van der Waals surface area contributed by atoms with E-state index in [1.54, 1.807) is 0 Å². The van der Waals surface area contributed by atoms with Crippen LogP contribution in [0.25, 0.3) is 0 Å². The monoisotopic (exact) mass is 310 g/mol. The molecular weight excluding hydrogens is 288 g/mol. The number of morpholine rings is 1. The molecule has 1 heterocycles. The standard InChI is InChI=1S/C19H22N2O2/c1-15-4-2-3-5-16(15)14-19(22)20-17-6-8-18(9-7-17)21-10-12-23-13-11-21/h2-9H,10-14H2,1H3,(H,20,22). The lowest BCUT2D eigenvalue weighted by Gasteiger charge is -2.28. The first-order chi connectivity index (χ1) is 11.2. The zero-order valence-electron chi connectivity index (χ0n) is 13.4. The second-order valence-corrected chi connectivity index (χ2v) is 5.80. The SMILES string of the molecule is Cc1ccccc1CC(=O)Nc1ccc(N2CCOCC2)cc1. The molecule has 4 nitrogen and oxygen atoms in total. The van der Waals surface area contributed by atoms with E-state index < -0.39 is 0 Å². The molecule has 0 aliphatic carbocycles. The molecular formula is C19H22N2O2. The van der Waals surface area contributed by atoms with Crippen molar-refractivity contribution in [3.63, 3.8) is 0 Å². The molecule has 1 saturated heterocycles. The van der Waals surface area contributed by atoms with Crippen molar-refractivity contribution in [1.82, 2.24) is 0 Å². The summed E-state index contributed by atoms with van der Waals surface area (Å²) >= 11 is 0. The predicted octanol–water partition coefficient (Wildman–Crippen LogP) is 3.01. The highest BCUT2D eigenvalue weighted by molar-refractivity contribution is 5.92. The molecule has 0 aromatic heterocycles. The van der Waals surface area contributed by atoms with E-state index in [0.717, 1.165) is 43.1 Å². The summed E-state index contributed by atoms with van der Waals surface area (Å²) in [6.07, 6.45) is 0.401. The molecule has 3 rings (SSSR count). The minimum Gasteiger partial charge on any atom is -0.378 e. The topological polar surface area (TPSA) is 41.6 Å². The van der Waals surface area contributed by atoms with Gasteiger partial charge in [-0.15, -0.1) is 0 Å². The maximum absolute atomic E-state index is 12.2. The molecule has 1 aliphatic heterocycles. The largest absolute Gasteiger partial charge is 0.378 e. The summed E-state index contributed by atoms with van der Waals surface area (Å²) in [5.74, 6) is 0.0124.